The molecule has 0 fully saturated rings. The lowest BCUT2D eigenvalue weighted by Crippen LogP contribution is -2.39. The Bertz CT molecular complexity index is 483. The van der Waals surface area contributed by atoms with Gasteiger partial charge in [-0.3, -0.25) is 4.79 Å². The van der Waals surface area contributed by atoms with Crippen LogP contribution in [0.1, 0.15) is 30.1 Å². The zero-order valence-electron chi connectivity index (χ0n) is 12.5. The summed E-state index contributed by atoms with van der Waals surface area (Å²) < 4.78 is 43.0. The number of carbonyl (C=O) groups is 1. The first kappa shape index (κ1) is 18.1. The van der Waals surface area contributed by atoms with Crippen LogP contribution in [0.3, 0.4) is 0 Å². The van der Waals surface area contributed by atoms with Gasteiger partial charge in [-0.25, -0.2) is 0 Å². The van der Waals surface area contributed by atoms with Crippen LogP contribution in [0, 0.1) is 0 Å². The van der Waals surface area contributed by atoms with Gasteiger partial charge in [0.15, 0.2) is 0 Å². The lowest BCUT2D eigenvalue weighted by atomic mass is 10.1. The minimum atomic E-state index is -4.41. The minimum absolute atomic E-state index is 0.0869. The Balaban J connectivity index is 2.81. The Hall–Kier alpha value is -1.98. The third-order valence-electron chi connectivity index (χ3n) is 2.91. The molecule has 6 heteroatoms. The van der Waals surface area contributed by atoms with E-state index in [9.17, 15) is 18.0 Å². The van der Waals surface area contributed by atoms with E-state index in [1.807, 2.05) is 6.92 Å². The summed E-state index contributed by atoms with van der Waals surface area (Å²) in [6.45, 7) is 4.55. The van der Waals surface area contributed by atoms with Gasteiger partial charge < -0.3 is 9.64 Å². The summed E-state index contributed by atoms with van der Waals surface area (Å²) in [6, 6.07) is 6.05. The molecule has 0 N–H and O–H groups in total. The maximum atomic E-state index is 12.6. The summed E-state index contributed by atoms with van der Waals surface area (Å²) in [5.41, 5.74) is 0.214. The predicted octanol–water partition coefficient (Wildman–Crippen LogP) is 4.06. The largest absolute Gasteiger partial charge is 0.490 e. The molecule has 22 heavy (non-hydrogen) atoms. The Morgan fingerprint density at radius 3 is 2.45 bits per heavy atom. The van der Waals surface area contributed by atoms with Crippen molar-refractivity contribution in [2.24, 2.45) is 0 Å². The van der Waals surface area contributed by atoms with Gasteiger partial charge in [-0.2, -0.15) is 13.2 Å². The van der Waals surface area contributed by atoms with E-state index in [-0.39, 0.29) is 12.1 Å². The Morgan fingerprint density at radius 2 is 1.95 bits per heavy atom. The second kappa shape index (κ2) is 8.46. The molecule has 0 aliphatic carbocycles. The van der Waals surface area contributed by atoms with Gasteiger partial charge >= 0.3 is 6.18 Å². The van der Waals surface area contributed by atoms with Crippen molar-refractivity contribution in [3.8, 4) is 5.75 Å². The first-order valence-electron chi connectivity index (χ1n) is 7.07. The van der Waals surface area contributed by atoms with E-state index < -0.39 is 18.6 Å². The summed E-state index contributed by atoms with van der Waals surface area (Å²) >= 11 is 0. The molecular weight excluding hydrogens is 295 g/mol. The number of ether oxygens (including phenoxy) is 1. The second-order valence-corrected chi connectivity index (χ2v) is 4.82. The number of hydrogen-bond acceptors (Lipinski definition) is 2. The lowest BCUT2D eigenvalue weighted by molar-refractivity contribution is -0.140. The van der Waals surface area contributed by atoms with E-state index in [1.54, 1.807) is 18.2 Å². The molecule has 3 nitrogen and oxygen atoms in total. The summed E-state index contributed by atoms with van der Waals surface area (Å²) in [4.78, 5) is 13.1. The molecule has 0 radical (unpaired) electrons. The number of carbonyl (C=O) groups excluding carboxylic acids is 1. The monoisotopic (exact) mass is 315 g/mol. The fourth-order valence-electron chi connectivity index (χ4n) is 1.85. The number of benzene rings is 1. The highest BCUT2D eigenvalue weighted by Gasteiger charge is 2.33. The minimum Gasteiger partial charge on any atom is -0.490 e. The molecule has 0 unspecified atom stereocenters. The van der Waals surface area contributed by atoms with Crippen LogP contribution in [-0.4, -0.2) is 36.7 Å². The van der Waals surface area contributed by atoms with Crippen molar-refractivity contribution < 1.29 is 22.7 Å². The molecule has 0 saturated heterocycles. The Kier molecular flexibility index (Phi) is 6.95. The van der Waals surface area contributed by atoms with Crippen LogP contribution >= 0.6 is 0 Å². The standard InChI is InChI=1S/C16H20F3NO2/c1-3-5-10-20(12-16(17,18)19)15(21)13-6-8-14(9-7-13)22-11-4-2/h4,6-9H,2-3,5,10-12H2,1H3. The highest BCUT2D eigenvalue weighted by Crippen LogP contribution is 2.20. The fraction of sp³-hybridized carbons (Fsp3) is 0.438. The normalized spacial score (nSPS) is 11.1. The van der Waals surface area contributed by atoms with E-state index >= 15 is 0 Å². The van der Waals surface area contributed by atoms with Crippen LogP contribution < -0.4 is 4.74 Å². The number of halogens is 3. The van der Waals surface area contributed by atoms with Gasteiger partial charge in [-0.05, 0) is 30.7 Å². The smallest absolute Gasteiger partial charge is 0.406 e. The highest BCUT2D eigenvalue weighted by atomic mass is 19.4. The lowest BCUT2D eigenvalue weighted by Gasteiger charge is -2.24. The van der Waals surface area contributed by atoms with Crippen LogP contribution in [0.4, 0.5) is 13.2 Å². The van der Waals surface area contributed by atoms with Crippen LogP contribution in [-0.2, 0) is 0 Å². The molecule has 1 aromatic carbocycles. The van der Waals surface area contributed by atoms with E-state index in [0.717, 1.165) is 11.3 Å². The van der Waals surface area contributed by atoms with Crippen molar-refractivity contribution in [1.82, 2.24) is 4.90 Å². The van der Waals surface area contributed by atoms with Crippen molar-refractivity contribution in [3.63, 3.8) is 0 Å². The number of alkyl halides is 3. The third kappa shape index (κ3) is 6.20. The quantitative estimate of drug-likeness (QED) is 0.677. The van der Waals surface area contributed by atoms with Gasteiger partial charge in [0, 0.05) is 12.1 Å². The number of amides is 1. The average Bonchev–Trinajstić information content (AvgIpc) is 2.48. The van der Waals surface area contributed by atoms with Crippen molar-refractivity contribution in [2.75, 3.05) is 19.7 Å². The Labute approximate surface area is 128 Å². The molecule has 0 bridgehead atoms. The van der Waals surface area contributed by atoms with E-state index in [0.29, 0.717) is 18.8 Å². The fourth-order valence-corrected chi connectivity index (χ4v) is 1.85. The number of nitrogens with zero attached hydrogens (tertiary/aromatic N) is 1. The molecule has 0 aromatic heterocycles. The van der Waals surface area contributed by atoms with Gasteiger partial charge in [-0.1, -0.05) is 26.0 Å². The molecule has 1 rings (SSSR count). The van der Waals surface area contributed by atoms with E-state index in [2.05, 4.69) is 6.58 Å². The van der Waals surface area contributed by atoms with E-state index in [1.165, 1.54) is 12.1 Å². The maximum Gasteiger partial charge on any atom is 0.406 e. The Morgan fingerprint density at radius 1 is 1.32 bits per heavy atom. The molecule has 0 saturated carbocycles. The third-order valence-corrected chi connectivity index (χ3v) is 2.91. The maximum absolute atomic E-state index is 12.6. The van der Waals surface area contributed by atoms with E-state index in [4.69, 9.17) is 4.74 Å². The van der Waals surface area contributed by atoms with Crippen LogP contribution in [0.2, 0.25) is 0 Å². The summed E-state index contributed by atoms with van der Waals surface area (Å²) in [7, 11) is 0. The number of unbranched alkanes of at least 4 members (excludes halogenated alkanes) is 1. The van der Waals surface area contributed by atoms with Crippen molar-refractivity contribution in [3.05, 3.63) is 42.5 Å². The summed E-state index contributed by atoms with van der Waals surface area (Å²) in [6.07, 6.45) is -1.58. The molecule has 1 amide bonds. The van der Waals surface area contributed by atoms with Gasteiger partial charge in [0.25, 0.3) is 5.91 Å². The molecule has 0 spiro atoms. The zero-order valence-corrected chi connectivity index (χ0v) is 12.5. The van der Waals surface area contributed by atoms with Gasteiger partial charge in [0.1, 0.15) is 18.9 Å². The molecule has 122 valence electrons. The first-order valence-corrected chi connectivity index (χ1v) is 7.07. The zero-order chi connectivity index (χ0) is 16.6. The second-order valence-electron chi connectivity index (χ2n) is 4.82. The average molecular weight is 315 g/mol. The van der Waals surface area contributed by atoms with Crippen molar-refractivity contribution in [2.45, 2.75) is 25.9 Å². The first-order chi connectivity index (χ1) is 10.4. The predicted molar refractivity (Wildman–Crippen MR) is 79.0 cm³/mol. The SMILES string of the molecule is C=CCOc1ccc(C(=O)N(CCCC)CC(F)(F)F)cc1. The topological polar surface area (TPSA) is 29.5 Å². The highest BCUT2D eigenvalue weighted by molar-refractivity contribution is 5.94. The van der Waals surface area contributed by atoms with Gasteiger partial charge in [0.05, 0.1) is 0 Å². The molecular formula is C16H20F3NO2. The number of rotatable bonds is 8. The van der Waals surface area contributed by atoms with Crippen LogP contribution in [0.15, 0.2) is 36.9 Å². The molecule has 0 aliphatic rings. The number of hydrogen-bond donors (Lipinski definition) is 0. The molecule has 0 atom stereocenters. The van der Waals surface area contributed by atoms with Gasteiger partial charge in [0.2, 0.25) is 0 Å². The van der Waals surface area contributed by atoms with Crippen LogP contribution in [0.25, 0.3) is 0 Å². The summed E-state index contributed by atoms with van der Waals surface area (Å²) in [5, 5.41) is 0. The molecule has 1 aromatic rings. The van der Waals surface area contributed by atoms with Gasteiger partial charge in [-0.15, -0.1) is 0 Å². The van der Waals surface area contributed by atoms with Crippen LogP contribution in [0.5, 0.6) is 5.75 Å². The van der Waals surface area contributed by atoms with Crippen molar-refractivity contribution in [1.29, 1.82) is 0 Å². The molecule has 0 aliphatic heterocycles. The molecule has 0 heterocycles. The van der Waals surface area contributed by atoms with Crippen molar-refractivity contribution >= 4 is 5.91 Å². The summed E-state index contributed by atoms with van der Waals surface area (Å²) in [5.74, 6) is -0.0894.